The van der Waals surface area contributed by atoms with Crippen molar-refractivity contribution >= 4 is 38.9 Å². The Labute approximate surface area is 206 Å². The first-order valence-corrected chi connectivity index (χ1v) is 11.9. The lowest BCUT2D eigenvalue weighted by molar-refractivity contribution is 0.471. The predicted octanol–water partition coefficient (Wildman–Crippen LogP) is 6.13. The Morgan fingerprint density at radius 1 is 1.00 bits per heavy atom. The first-order chi connectivity index (χ1) is 16.0. The van der Waals surface area contributed by atoms with Crippen molar-refractivity contribution in [1.29, 1.82) is 0 Å². The van der Waals surface area contributed by atoms with Crippen LogP contribution in [0.1, 0.15) is 34.7 Å². The largest absolute Gasteiger partial charge is 0.506 e. The van der Waals surface area contributed by atoms with Crippen molar-refractivity contribution in [3.8, 4) is 11.4 Å². The van der Waals surface area contributed by atoms with Crippen LogP contribution in [0.3, 0.4) is 0 Å². The number of thiocarbonyl (C=S) groups is 1. The van der Waals surface area contributed by atoms with Crippen LogP contribution in [-0.4, -0.2) is 19.8 Å². The number of aromatic hydroxyl groups is 1. The average Bonchev–Trinajstić information content (AvgIpc) is 3.31. The molecule has 0 aliphatic carbocycles. The molecule has 5 nitrogen and oxygen atoms in total. The predicted molar refractivity (Wildman–Crippen MR) is 139 cm³/mol. The van der Waals surface area contributed by atoms with Crippen molar-refractivity contribution in [2.45, 2.75) is 25.9 Å². The third-order valence-corrected chi connectivity index (χ3v) is 6.96. The molecule has 3 heterocycles. The van der Waals surface area contributed by atoms with E-state index < -0.39 is 0 Å². The Balaban J connectivity index is 1.69. The van der Waals surface area contributed by atoms with E-state index in [-0.39, 0.29) is 17.8 Å². The summed E-state index contributed by atoms with van der Waals surface area (Å²) < 4.78 is 3.11. The van der Waals surface area contributed by atoms with Gasteiger partial charge in [0.15, 0.2) is 5.11 Å². The fourth-order valence-electron chi connectivity index (χ4n) is 4.66. The quantitative estimate of drug-likeness (QED) is 0.318. The molecule has 0 saturated carbocycles. The van der Waals surface area contributed by atoms with Crippen molar-refractivity contribution < 1.29 is 5.11 Å². The SMILES string of the molecule is Cc1cc([C@H]2[C@@H](c3ccccn3)NC(=S)N2c2ccc(Br)cc2)c(C)n1-c1ccccc1O. The van der Waals surface area contributed by atoms with E-state index in [0.29, 0.717) is 5.11 Å². The fourth-order valence-corrected chi connectivity index (χ4v) is 5.27. The van der Waals surface area contributed by atoms with Crippen molar-refractivity contribution in [2.24, 2.45) is 0 Å². The minimum absolute atomic E-state index is 0.112. The Morgan fingerprint density at radius 3 is 2.42 bits per heavy atom. The van der Waals surface area contributed by atoms with Crippen molar-refractivity contribution in [1.82, 2.24) is 14.9 Å². The number of anilines is 1. The van der Waals surface area contributed by atoms with E-state index in [1.54, 1.807) is 6.07 Å². The number of nitrogens with zero attached hydrogens (tertiary/aromatic N) is 3. The molecule has 1 aliphatic rings. The molecule has 5 rings (SSSR count). The highest BCUT2D eigenvalue weighted by Crippen LogP contribution is 2.44. The van der Waals surface area contributed by atoms with Gasteiger partial charge >= 0.3 is 0 Å². The number of nitrogens with one attached hydrogen (secondary N) is 1. The number of benzene rings is 2. The fraction of sp³-hybridized carbons (Fsp3) is 0.154. The highest BCUT2D eigenvalue weighted by Gasteiger charge is 2.42. The third kappa shape index (κ3) is 3.81. The molecule has 33 heavy (non-hydrogen) atoms. The van der Waals surface area contributed by atoms with Gasteiger partial charge in [0.1, 0.15) is 5.75 Å². The van der Waals surface area contributed by atoms with Gasteiger partial charge in [-0.2, -0.15) is 0 Å². The molecule has 0 spiro atoms. The van der Waals surface area contributed by atoms with Gasteiger partial charge in [-0.25, -0.2) is 0 Å². The van der Waals surface area contributed by atoms with Crippen LogP contribution < -0.4 is 10.2 Å². The maximum atomic E-state index is 10.5. The number of aromatic nitrogens is 2. The number of aryl methyl sites for hydroxylation is 1. The lowest BCUT2D eigenvalue weighted by Gasteiger charge is -2.28. The molecule has 7 heteroatoms. The maximum Gasteiger partial charge on any atom is 0.174 e. The summed E-state index contributed by atoms with van der Waals surface area (Å²) in [7, 11) is 0. The van der Waals surface area contributed by atoms with Crippen LogP contribution in [-0.2, 0) is 0 Å². The van der Waals surface area contributed by atoms with Gasteiger partial charge in [-0.1, -0.05) is 34.1 Å². The number of para-hydroxylation sites is 2. The van der Waals surface area contributed by atoms with Gasteiger partial charge < -0.3 is 19.9 Å². The molecule has 1 saturated heterocycles. The summed E-state index contributed by atoms with van der Waals surface area (Å²) in [5, 5.41) is 14.7. The highest BCUT2D eigenvalue weighted by atomic mass is 79.9. The second-order valence-corrected chi connectivity index (χ2v) is 9.43. The minimum Gasteiger partial charge on any atom is -0.506 e. The molecule has 1 fully saturated rings. The first kappa shape index (κ1) is 21.7. The van der Waals surface area contributed by atoms with E-state index in [0.717, 1.165) is 38.5 Å². The number of rotatable bonds is 4. The van der Waals surface area contributed by atoms with Crippen LogP contribution in [0.5, 0.6) is 5.75 Å². The zero-order chi connectivity index (χ0) is 23.1. The average molecular weight is 519 g/mol. The van der Waals surface area contributed by atoms with Crippen molar-refractivity contribution in [3.63, 3.8) is 0 Å². The lowest BCUT2D eigenvalue weighted by Crippen LogP contribution is -2.29. The summed E-state index contributed by atoms with van der Waals surface area (Å²) in [6.07, 6.45) is 1.81. The summed E-state index contributed by atoms with van der Waals surface area (Å²) in [5.41, 5.74) is 5.91. The second kappa shape index (κ2) is 8.65. The van der Waals surface area contributed by atoms with Crippen LogP contribution >= 0.6 is 28.1 Å². The number of hydrogen-bond donors (Lipinski definition) is 2. The van der Waals surface area contributed by atoms with E-state index in [9.17, 15) is 5.11 Å². The molecule has 2 aromatic heterocycles. The lowest BCUT2D eigenvalue weighted by atomic mass is 9.96. The Kier molecular flexibility index (Phi) is 5.68. The van der Waals surface area contributed by atoms with Crippen molar-refractivity contribution in [3.05, 3.63) is 106 Å². The van der Waals surface area contributed by atoms with E-state index in [1.807, 2.05) is 54.7 Å². The molecule has 0 radical (unpaired) electrons. The van der Waals surface area contributed by atoms with Gasteiger partial charge in [0.2, 0.25) is 0 Å². The zero-order valence-electron chi connectivity index (χ0n) is 18.2. The summed E-state index contributed by atoms with van der Waals surface area (Å²) in [6, 6.07) is 23.5. The summed E-state index contributed by atoms with van der Waals surface area (Å²) in [5.74, 6) is 0.247. The molecule has 2 N–H and O–H groups in total. The molecule has 166 valence electrons. The Hall–Kier alpha value is -3.16. The molecule has 0 unspecified atom stereocenters. The van der Waals surface area contributed by atoms with Crippen LogP contribution in [0.25, 0.3) is 5.69 Å². The Morgan fingerprint density at radius 2 is 1.73 bits per heavy atom. The smallest absolute Gasteiger partial charge is 0.174 e. The molecule has 4 aromatic rings. The summed E-state index contributed by atoms with van der Waals surface area (Å²) in [4.78, 5) is 6.81. The van der Waals surface area contributed by atoms with E-state index in [1.165, 1.54) is 0 Å². The number of hydrogen-bond acceptors (Lipinski definition) is 3. The summed E-state index contributed by atoms with van der Waals surface area (Å²) in [6.45, 7) is 4.15. The number of phenols is 1. The Bertz CT molecular complexity index is 1320. The minimum atomic E-state index is -0.124. The molecular weight excluding hydrogens is 496 g/mol. The maximum absolute atomic E-state index is 10.5. The van der Waals surface area contributed by atoms with Gasteiger partial charge in [0, 0.05) is 27.7 Å². The molecule has 2 aromatic carbocycles. The number of phenolic OH excluding ortho intramolecular Hbond substituents is 1. The van der Waals surface area contributed by atoms with E-state index in [2.05, 4.69) is 67.7 Å². The molecule has 2 atom stereocenters. The monoisotopic (exact) mass is 518 g/mol. The van der Waals surface area contributed by atoms with E-state index >= 15 is 0 Å². The molecule has 1 aliphatic heterocycles. The van der Waals surface area contributed by atoms with Gasteiger partial charge in [-0.15, -0.1) is 0 Å². The van der Waals surface area contributed by atoms with Crippen LogP contribution in [0.4, 0.5) is 5.69 Å². The van der Waals surface area contributed by atoms with Gasteiger partial charge in [0.25, 0.3) is 0 Å². The van der Waals surface area contributed by atoms with Gasteiger partial charge in [-0.05, 0) is 86.2 Å². The van der Waals surface area contributed by atoms with E-state index in [4.69, 9.17) is 12.2 Å². The zero-order valence-corrected chi connectivity index (χ0v) is 20.6. The highest BCUT2D eigenvalue weighted by molar-refractivity contribution is 9.10. The normalized spacial score (nSPS) is 17.9. The molecule has 0 bridgehead atoms. The topological polar surface area (TPSA) is 53.3 Å². The molecule has 0 amide bonds. The van der Waals surface area contributed by atoms with Crippen LogP contribution in [0, 0.1) is 13.8 Å². The van der Waals surface area contributed by atoms with Crippen LogP contribution in [0.15, 0.2) is 83.5 Å². The third-order valence-electron chi connectivity index (χ3n) is 6.11. The first-order valence-electron chi connectivity index (χ1n) is 10.7. The summed E-state index contributed by atoms with van der Waals surface area (Å²) >= 11 is 9.37. The van der Waals surface area contributed by atoms with Crippen molar-refractivity contribution in [2.75, 3.05) is 4.90 Å². The van der Waals surface area contributed by atoms with Gasteiger partial charge in [0.05, 0.1) is 23.5 Å². The molecular formula is C26H23BrN4OS. The number of halogens is 1. The second-order valence-electron chi connectivity index (χ2n) is 8.12. The number of pyridine rings is 1. The standard InChI is InChI=1S/C26H23BrN4OS/c1-16-15-20(17(2)30(16)22-8-3-4-9-23(22)32)25-24(21-7-5-6-14-28-21)29-26(33)31(25)19-12-10-18(27)11-13-19/h3-15,24-25,32H,1-2H3,(H,29,33)/t24-,25+/m1/s1. The van der Waals surface area contributed by atoms with Crippen LogP contribution in [0.2, 0.25) is 0 Å². The van der Waals surface area contributed by atoms with Gasteiger partial charge in [-0.3, -0.25) is 4.98 Å².